The Morgan fingerprint density at radius 3 is 2.26 bits per heavy atom. The third-order valence-corrected chi connectivity index (χ3v) is 4.21. The number of benzene rings is 1. The lowest BCUT2D eigenvalue weighted by Gasteiger charge is -2.13. The predicted molar refractivity (Wildman–Crippen MR) is 86.1 cm³/mol. The summed E-state index contributed by atoms with van der Waals surface area (Å²) < 4.78 is 17.0. The van der Waals surface area contributed by atoms with Crippen molar-refractivity contribution in [3.05, 3.63) is 54.3 Å². The first-order valence-corrected chi connectivity index (χ1v) is 7.06. The summed E-state index contributed by atoms with van der Waals surface area (Å²) >= 11 is 10.9. The van der Waals surface area contributed by atoms with Crippen LogP contribution < -0.4 is 11.4 Å². The van der Waals surface area contributed by atoms with Crippen LogP contribution in [0.4, 0.5) is 4.39 Å². The van der Waals surface area contributed by atoms with Crippen molar-refractivity contribution >= 4 is 29.5 Å². The van der Waals surface area contributed by atoms with E-state index < -0.39 is 17.2 Å². The summed E-state index contributed by atoms with van der Waals surface area (Å²) in [5.41, 5.74) is -1.63. The number of hydrogen-bond donors (Lipinski definition) is 1. The lowest BCUT2D eigenvalue weighted by Crippen LogP contribution is -2.43. The fourth-order valence-corrected chi connectivity index (χ4v) is 2.46. The minimum atomic E-state index is -0.874. The fourth-order valence-electron chi connectivity index (χ4n) is 2.02. The van der Waals surface area contributed by atoms with Crippen molar-refractivity contribution in [3.63, 3.8) is 0 Å². The number of oxime groups is 1. The minimum Gasteiger partial charge on any atom is -0.411 e. The Bertz CT molecular complexity index is 966. The maximum atomic E-state index is 14.3. The van der Waals surface area contributed by atoms with E-state index >= 15 is 0 Å². The zero-order valence-electron chi connectivity index (χ0n) is 12.4. The summed E-state index contributed by atoms with van der Waals surface area (Å²) in [6, 6.07) is 2.10. The molecule has 1 heterocycles. The molecule has 1 aromatic heterocycles. The van der Waals surface area contributed by atoms with Crippen LogP contribution in [0.5, 0.6) is 0 Å². The molecule has 0 spiro atoms. The molecule has 0 unspecified atom stereocenters. The van der Waals surface area contributed by atoms with Crippen LogP contribution in [0.2, 0.25) is 5.02 Å². The first-order valence-electron chi connectivity index (χ1n) is 6.28. The van der Waals surface area contributed by atoms with E-state index in [1.165, 1.54) is 27.1 Å². The van der Waals surface area contributed by atoms with Crippen molar-refractivity contribution in [2.45, 2.75) is 6.92 Å². The molecule has 0 aliphatic carbocycles. The molecule has 1 aromatic carbocycles. The van der Waals surface area contributed by atoms with Crippen LogP contribution in [-0.2, 0) is 14.1 Å². The Hall–Kier alpha value is -2.26. The van der Waals surface area contributed by atoms with Crippen molar-refractivity contribution in [1.29, 1.82) is 0 Å². The Morgan fingerprint density at radius 2 is 1.78 bits per heavy atom. The molecule has 0 atom stereocenters. The summed E-state index contributed by atoms with van der Waals surface area (Å²) in [6.07, 6.45) is 0. The van der Waals surface area contributed by atoms with Crippen molar-refractivity contribution < 1.29 is 9.60 Å². The zero-order chi connectivity index (χ0) is 17.5. The van der Waals surface area contributed by atoms with Gasteiger partial charge in [0.25, 0.3) is 0 Å². The van der Waals surface area contributed by atoms with Gasteiger partial charge in [0.05, 0.1) is 16.4 Å². The largest absolute Gasteiger partial charge is 0.411 e. The molecule has 0 radical (unpaired) electrons. The summed E-state index contributed by atoms with van der Waals surface area (Å²) in [6.45, 7) is 1.44. The van der Waals surface area contributed by atoms with E-state index in [1.807, 2.05) is 0 Å². The van der Waals surface area contributed by atoms with Crippen molar-refractivity contribution in [1.82, 2.24) is 13.7 Å². The first-order chi connectivity index (χ1) is 10.7. The number of halogens is 2. The zero-order valence-corrected chi connectivity index (χ0v) is 13.9. The highest BCUT2D eigenvalue weighted by molar-refractivity contribution is 7.71. The van der Waals surface area contributed by atoms with E-state index in [4.69, 9.17) is 29.0 Å². The minimum absolute atomic E-state index is 0.000976. The van der Waals surface area contributed by atoms with Crippen molar-refractivity contribution in [3.8, 4) is 5.69 Å². The SMILES string of the molecule is C/C(=N\O)c1cc(-n2c(=O)n(C)c(=S)n(C)c2=O)c(F)cc1Cl. The van der Waals surface area contributed by atoms with Crippen LogP contribution in [0.1, 0.15) is 12.5 Å². The van der Waals surface area contributed by atoms with Gasteiger partial charge in [-0.2, -0.15) is 0 Å². The molecule has 2 aromatic rings. The van der Waals surface area contributed by atoms with E-state index in [-0.39, 0.29) is 26.8 Å². The van der Waals surface area contributed by atoms with Gasteiger partial charge in [0.1, 0.15) is 5.82 Å². The van der Waals surface area contributed by atoms with Crippen LogP contribution in [0.25, 0.3) is 5.69 Å². The quantitative estimate of drug-likeness (QED) is 0.382. The van der Waals surface area contributed by atoms with Gasteiger partial charge in [-0.1, -0.05) is 16.8 Å². The summed E-state index contributed by atoms with van der Waals surface area (Å²) in [4.78, 5) is 24.6. The maximum absolute atomic E-state index is 14.3. The highest BCUT2D eigenvalue weighted by Crippen LogP contribution is 2.23. The van der Waals surface area contributed by atoms with E-state index in [0.717, 1.165) is 15.2 Å². The second kappa shape index (κ2) is 6.09. The van der Waals surface area contributed by atoms with Crippen LogP contribution in [0.3, 0.4) is 0 Å². The van der Waals surface area contributed by atoms with Gasteiger partial charge in [-0.3, -0.25) is 9.13 Å². The standard InChI is InChI=1S/C13H12ClFN4O3S/c1-6(16-22)7-4-10(9(15)5-8(7)14)19-11(20)17(2)13(23)18(3)12(19)21/h4-5,22H,1-3H3/b16-6+. The highest BCUT2D eigenvalue weighted by Gasteiger charge is 2.18. The summed E-state index contributed by atoms with van der Waals surface area (Å²) in [5, 5.41) is 11.8. The molecule has 0 aliphatic heterocycles. The van der Waals surface area contributed by atoms with Gasteiger partial charge in [-0.15, -0.1) is 0 Å². The van der Waals surface area contributed by atoms with Crippen LogP contribution in [0.15, 0.2) is 26.9 Å². The predicted octanol–water partition coefficient (Wildman–Crippen LogP) is 1.59. The van der Waals surface area contributed by atoms with Gasteiger partial charge in [-0.05, 0) is 31.3 Å². The molecule has 2 rings (SSSR count). The van der Waals surface area contributed by atoms with Crippen LogP contribution in [-0.4, -0.2) is 24.6 Å². The van der Waals surface area contributed by atoms with Gasteiger partial charge in [0.15, 0.2) is 4.77 Å². The Morgan fingerprint density at radius 1 is 1.26 bits per heavy atom. The van der Waals surface area contributed by atoms with Crippen LogP contribution >= 0.6 is 23.8 Å². The molecule has 10 heteroatoms. The Kier molecular flexibility index (Phi) is 4.53. The average molecular weight is 359 g/mol. The van der Waals surface area contributed by atoms with Crippen LogP contribution in [0, 0.1) is 10.6 Å². The lowest BCUT2D eigenvalue weighted by molar-refractivity contribution is 0.319. The van der Waals surface area contributed by atoms with Crippen molar-refractivity contribution in [2.24, 2.45) is 19.3 Å². The molecule has 0 aliphatic rings. The van der Waals surface area contributed by atoms with E-state index in [2.05, 4.69) is 5.16 Å². The summed E-state index contributed by atoms with van der Waals surface area (Å²) in [5.74, 6) is -0.874. The topological polar surface area (TPSA) is 81.5 Å². The van der Waals surface area contributed by atoms with E-state index in [9.17, 15) is 14.0 Å². The molecular formula is C13H12ClFN4O3S. The molecule has 1 N–H and O–H groups in total. The second-order valence-electron chi connectivity index (χ2n) is 4.77. The van der Waals surface area contributed by atoms with Gasteiger partial charge in [0, 0.05) is 19.7 Å². The van der Waals surface area contributed by atoms with E-state index in [0.29, 0.717) is 4.57 Å². The average Bonchev–Trinajstić information content (AvgIpc) is 2.52. The second-order valence-corrected chi connectivity index (χ2v) is 5.54. The molecule has 122 valence electrons. The monoisotopic (exact) mass is 358 g/mol. The number of aromatic nitrogens is 3. The Labute approximate surface area is 139 Å². The molecule has 0 bridgehead atoms. The van der Waals surface area contributed by atoms with Gasteiger partial charge in [0.2, 0.25) is 0 Å². The fraction of sp³-hybridized carbons (Fsp3) is 0.231. The van der Waals surface area contributed by atoms with E-state index in [1.54, 1.807) is 0 Å². The molecule has 0 fully saturated rings. The highest BCUT2D eigenvalue weighted by atomic mass is 35.5. The molecular weight excluding hydrogens is 347 g/mol. The third kappa shape index (κ3) is 2.73. The number of nitrogens with zero attached hydrogens (tertiary/aromatic N) is 4. The summed E-state index contributed by atoms with van der Waals surface area (Å²) in [7, 11) is 2.74. The number of rotatable bonds is 2. The maximum Gasteiger partial charge on any atom is 0.338 e. The molecule has 0 amide bonds. The Balaban J connectivity index is 2.97. The van der Waals surface area contributed by atoms with Gasteiger partial charge >= 0.3 is 11.4 Å². The van der Waals surface area contributed by atoms with Gasteiger partial charge in [-0.25, -0.2) is 18.5 Å². The third-order valence-electron chi connectivity index (χ3n) is 3.35. The normalized spacial score (nSPS) is 11.8. The molecule has 7 nitrogen and oxygen atoms in total. The molecule has 23 heavy (non-hydrogen) atoms. The van der Waals surface area contributed by atoms with Crippen molar-refractivity contribution in [2.75, 3.05) is 0 Å². The smallest absolute Gasteiger partial charge is 0.338 e. The first kappa shape index (κ1) is 17.1. The molecule has 0 saturated heterocycles. The van der Waals surface area contributed by atoms with Gasteiger partial charge < -0.3 is 5.21 Å². The molecule has 0 saturated carbocycles. The number of hydrogen-bond acceptors (Lipinski definition) is 5. The lowest BCUT2D eigenvalue weighted by atomic mass is 10.1.